The van der Waals surface area contributed by atoms with Crippen molar-refractivity contribution in [2.24, 2.45) is 0 Å². The molecular formula is C28H37NO2Si. The van der Waals surface area contributed by atoms with Gasteiger partial charge in [0.1, 0.15) is 11.4 Å². The van der Waals surface area contributed by atoms with Crippen LogP contribution < -0.4 is 9.74 Å². The highest BCUT2D eigenvalue weighted by molar-refractivity contribution is 6.70. The first-order valence-electron chi connectivity index (χ1n) is 11.8. The van der Waals surface area contributed by atoms with E-state index in [2.05, 4.69) is 100 Å². The summed E-state index contributed by atoms with van der Waals surface area (Å²) in [5.41, 5.74) is 3.86. The minimum absolute atomic E-state index is 0.0197. The number of β-amino-alcohol motifs (C(OH)–C–C–N with tert-alkyl or cyclic N) is 1. The normalized spacial score (nSPS) is 19.8. The van der Waals surface area contributed by atoms with Crippen LogP contribution in [0.1, 0.15) is 44.7 Å². The molecule has 1 unspecified atom stereocenters. The van der Waals surface area contributed by atoms with Crippen molar-refractivity contribution in [3.63, 3.8) is 0 Å². The number of aliphatic hydroxyl groups is 1. The molecule has 0 amide bonds. The number of benzene rings is 3. The van der Waals surface area contributed by atoms with Crippen molar-refractivity contribution in [1.82, 2.24) is 5.32 Å². The van der Waals surface area contributed by atoms with Gasteiger partial charge in [0.05, 0.1) is 0 Å². The predicted octanol–water partition coefficient (Wildman–Crippen LogP) is 6.59. The Kier molecular flexibility index (Phi) is 5.99. The van der Waals surface area contributed by atoms with Crippen LogP contribution in [0.15, 0.2) is 54.6 Å². The fraction of sp³-hybridized carbons (Fsp3) is 0.429. The van der Waals surface area contributed by atoms with Gasteiger partial charge in [0.15, 0.2) is 0 Å². The fourth-order valence-corrected chi connectivity index (χ4v) is 5.43. The number of nitrogens with one attached hydrogen (secondary N) is 1. The largest absolute Gasteiger partial charge is 0.544 e. The lowest BCUT2D eigenvalue weighted by Crippen LogP contribution is -2.43. The summed E-state index contributed by atoms with van der Waals surface area (Å²) in [6.45, 7) is 15.1. The molecule has 0 radical (unpaired) electrons. The maximum absolute atomic E-state index is 11.0. The SMILES string of the molecule is CC(C)(C)c1ccc2cc(-c3ccc(C4(O)CCCNC4)cc3)ccc2c1O[Si](C)(C)C. The molecular weight excluding hydrogens is 410 g/mol. The molecule has 1 atom stereocenters. The summed E-state index contributed by atoms with van der Waals surface area (Å²) in [5, 5.41) is 16.7. The number of hydrogen-bond acceptors (Lipinski definition) is 3. The zero-order valence-corrected chi connectivity index (χ0v) is 21.4. The molecule has 3 aromatic rings. The lowest BCUT2D eigenvalue weighted by molar-refractivity contribution is 0.0123. The highest BCUT2D eigenvalue weighted by Gasteiger charge is 2.31. The lowest BCUT2D eigenvalue weighted by atomic mass is 9.84. The Morgan fingerprint density at radius 2 is 1.62 bits per heavy atom. The van der Waals surface area contributed by atoms with E-state index in [4.69, 9.17) is 4.43 Å². The Labute approximate surface area is 194 Å². The third-order valence-electron chi connectivity index (χ3n) is 6.30. The minimum Gasteiger partial charge on any atom is -0.544 e. The third kappa shape index (κ3) is 4.78. The van der Waals surface area contributed by atoms with Crippen molar-refractivity contribution in [1.29, 1.82) is 0 Å². The van der Waals surface area contributed by atoms with E-state index in [0.717, 1.165) is 36.3 Å². The molecule has 0 aliphatic carbocycles. The molecule has 3 aromatic carbocycles. The Morgan fingerprint density at radius 3 is 2.22 bits per heavy atom. The molecule has 3 nitrogen and oxygen atoms in total. The van der Waals surface area contributed by atoms with Crippen LogP contribution in [0.3, 0.4) is 0 Å². The monoisotopic (exact) mass is 447 g/mol. The molecule has 0 aromatic heterocycles. The van der Waals surface area contributed by atoms with Gasteiger partial charge in [0, 0.05) is 11.9 Å². The molecule has 1 aliphatic rings. The van der Waals surface area contributed by atoms with Crippen molar-refractivity contribution in [3.05, 3.63) is 65.7 Å². The first-order valence-corrected chi connectivity index (χ1v) is 15.2. The molecule has 170 valence electrons. The Hall–Kier alpha value is -2.14. The molecule has 1 saturated heterocycles. The Morgan fingerprint density at radius 1 is 0.938 bits per heavy atom. The smallest absolute Gasteiger partial charge is 0.242 e. The van der Waals surface area contributed by atoms with Gasteiger partial charge >= 0.3 is 0 Å². The van der Waals surface area contributed by atoms with Crippen molar-refractivity contribution in [2.75, 3.05) is 13.1 Å². The van der Waals surface area contributed by atoms with Crippen molar-refractivity contribution >= 4 is 19.1 Å². The van der Waals surface area contributed by atoms with Crippen LogP contribution in [0, 0.1) is 0 Å². The summed E-state index contributed by atoms with van der Waals surface area (Å²) in [4.78, 5) is 0. The molecule has 32 heavy (non-hydrogen) atoms. The van der Waals surface area contributed by atoms with Gasteiger partial charge in [0.25, 0.3) is 0 Å². The van der Waals surface area contributed by atoms with Gasteiger partial charge < -0.3 is 14.8 Å². The standard InChI is InChI=1S/C28H37NO2Si/c1-27(2,3)25-15-11-22-18-21(10-14-24(22)26(25)31-32(4,5)6)20-8-12-23(13-9-20)28(30)16-7-17-29-19-28/h8-15,18,29-30H,7,16-17,19H2,1-6H3. The first kappa shape index (κ1) is 23.0. The van der Waals surface area contributed by atoms with Gasteiger partial charge in [-0.25, -0.2) is 0 Å². The van der Waals surface area contributed by atoms with Crippen LogP contribution in [0.5, 0.6) is 5.75 Å². The van der Waals surface area contributed by atoms with Gasteiger partial charge in [-0.1, -0.05) is 69.3 Å². The average molecular weight is 448 g/mol. The molecule has 1 aliphatic heterocycles. The molecule has 0 bridgehead atoms. The summed E-state index contributed by atoms with van der Waals surface area (Å²) < 4.78 is 6.62. The quantitative estimate of drug-likeness (QED) is 0.443. The second kappa shape index (κ2) is 8.33. The zero-order valence-electron chi connectivity index (χ0n) is 20.4. The fourth-order valence-electron chi connectivity index (χ4n) is 4.60. The van der Waals surface area contributed by atoms with Crippen LogP contribution in [-0.2, 0) is 11.0 Å². The number of hydrogen-bond donors (Lipinski definition) is 2. The lowest BCUT2D eigenvalue weighted by Gasteiger charge is -2.33. The summed E-state index contributed by atoms with van der Waals surface area (Å²) in [5.74, 6) is 1.04. The van der Waals surface area contributed by atoms with Gasteiger partial charge in [-0.3, -0.25) is 0 Å². The summed E-state index contributed by atoms with van der Waals surface area (Å²) in [6, 6.07) is 19.5. The van der Waals surface area contributed by atoms with E-state index < -0.39 is 13.9 Å². The molecule has 1 fully saturated rings. The van der Waals surface area contributed by atoms with Crippen molar-refractivity contribution in [2.45, 2.75) is 64.3 Å². The Balaban J connectivity index is 1.72. The van der Waals surface area contributed by atoms with E-state index in [1.807, 2.05) is 0 Å². The third-order valence-corrected chi connectivity index (χ3v) is 7.12. The van der Waals surface area contributed by atoms with Crippen molar-refractivity contribution in [3.8, 4) is 16.9 Å². The van der Waals surface area contributed by atoms with Gasteiger partial charge in [0.2, 0.25) is 8.32 Å². The number of piperidine rings is 1. The topological polar surface area (TPSA) is 41.5 Å². The van der Waals surface area contributed by atoms with Gasteiger partial charge in [-0.05, 0) is 78.1 Å². The summed E-state index contributed by atoms with van der Waals surface area (Å²) in [7, 11) is -1.76. The maximum atomic E-state index is 11.0. The van der Waals surface area contributed by atoms with E-state index in [1.54, 1.807) is 0 Å². The summed E-state index contributed by atoms with van der Waals surface area (Å²) >= 11 is 0. The second-order valence-corrected chi connectivity index (χ2v) is 15.7. The molecule has 4 rings (SSSR count). The van der Waals surface area contributed by atoms with Crippen LogP contribution in [-0.4, -0.2) is 26.5 Å². The summed E-state index contributed by atoms with van der Waals surface area (Å²) in [6.07, 6.45) is 1.81. The highest BCUT2D eigenvalue weighted by atomic mass is 28.4. The van der Waals surface area contributed by atoms with E-state index in [0.29, 0.717) is 6.54 Å². The zero-order chi connectivity index (χ0) is 23.1. The van der Waals surface area contributed by atoms with Crippen LogP contribution in [0.25, 0.3) is 21.9 Å². The first-order chi connectivity index (χ1) is 15.0. The number of fused-ring (bicyclic) bond motifs is 1. The number of rotatable bonds is 4. The molecule has 2 N–H and O–H groups in total. The maximum Gasteiger partial charge on any atom is 0.242 e. The average Bonchev–Trinajstić information content (AvgIpc) is 2.72. The molecule has 0 saturated carbocycles. The van der Waals surface area contributed by atoms with Crippen LogP contribution in [0.4, 0.5) is 0 Å². The van der Waals surface area contributed by atoms with Gasteiger partial charge in [-0.15, -0.1) is 0 Å². The Bertz CT molecular complexity index is 1100. The van der Waals surface area contributed by atoms with Gasteiger partial charge in [-0.2, -0.15) is 0 Å². The van der Waals surface area contributed by atoms with Crippen LogP contribution >= 0.6 is 0 Å². The van der Waals surface area contributed by atoms with Crippen LogP contribution in [0.2, 0.25) is 19.6 Å². The van der Waals surface area contributed by atoms with Crippen molar-refractivity contribution < 1.29 is 9.53 Å². The second-order valence-electron chi connectivity index (χ2n) is 11.2. The van der Waals surface area contributed by atoms with E-state index in [1.165, 1.54) is 21.9 Å². The molecule has 4 heteroatoms. The van der Waals surface area contributed by atoms with E-state index >= 15 is 0 Å². The molecule has 1 heterocycles. The molecule has 0 spiro atoms. The van der Waals surface area contributed by atoms with E-state index in [9.17, 15) is 5.11 Å². The van der Waals surface area contributed by atoms with E-state index in [-0.39, 0.29) is 5.41 Å². The minimum atomic E-state index is -1.76. The highest BCUT2D eigenvalue weighted by Crippen LogP contribution is 2.40. The predicted molar refractivity (Wildman–Crippen MR) is 138 cm³/mol.